The average Bonchev–Trinajstić information content (AvgIpc) is 2.74. The van der Waals surface area contributed by atoms with E-state index in [-0.39, 0.29) is 20.1 Å². The zero-order chi connectivity index (χ0) is 18.7. The molecule has 0 saturated carbocycles. The van der Waals surface area contributed by atoms with E-state index >= 15 is 0 Å². The Labute approximate surface area is 181 Å². The summed E-state index contributed by atoms with van der Waals surface area (Å²) in [6.07, 6.45) is 1.73. The molecule has 6 heteroatoms. The summed E-state index contributed by atoms with van der Waals surface area (Å²) < 4.78 is 26.9. The van der Waals surface area contributed by atoms with Gasteiger partial charge in [-0.05, 0) is 36.0 Å². The monoisotopic (exact) mass is 575 g/mol. The van der Waals surface area contributed by atoms with Gasteiger partial charge in [-0.1, -0.05) is 48.5 Å². The number of rotatable bonds is 1. The van der Waals surface area contributed by atoms with E-state index < -0.39 is 7.14 Å². The van der Waals surface area contributed by atoms with Crippen molar-refractivity contribution < 1.29 is 34.1 Å². The second-order valence-corrected chi connectivity index (χ2v) is 9.32. The summed E-state index contributed by atoms with van der Waals surface area (Å²) in [4.78, 5) is 4.40. The van der Waals surface area contributed by atoms with Gasteiger partial charge in [0.2, 0.25) is 0 Å². The van der Waals surface area contributed by atoms with Crippen LogP contribution < -0.4 is 25.4 Å². The van der Waals surface area contributed by atoms with E-state index in [1.54, 1.807) is 6.20 Å². The summed E-state index contributed by atoms with van der Waals surface area (Å²) in [5.41, 5.74) is 1.49. The zero-order valence-corrected chi connectivity index (χ0v) is 18.2. The molecule has 6 rings (SSSR count). The van der Waals surface area contributed by atoms with Gasteiger partial charge in [0.1, 0.15) is 18.6 Å². The molecule has 143 valence electrons. The molecule has 2 aliphatic heterocycles. The van der Waals surface area contributed by atoms with Crippen LogP contribution in [0.5, 0.6) is 23.0 Å². The summed E-state index contributed by atoms with van der Waals surface area (Å²) >= 11 is 0. The fourth-order valence-electron chi connectivity index (χ4n) is 3.85. The van der Waals surface area contributed by atoms with Crippen molar-refractivity contribution in [2.24, 2.45) is 0 Å². The van der Waals surface area contributed by atoms with Crippen molar-refractivity contribution in [2.45, 2.75) is 0 Å². The maximum absolute atomic E-state index is 14.6. The number of ether oxygens (including phenoxy) is 2. The van der Waals surface area contributed by atoms with Crippen molar-refractivity contribution >= 4 is 23.1 Å². The Bertz CT molecular complexity index is 1230. The van der Waals surface area contributed by atoms with Gasteiger partial charge in [0.05, 0.1) is 22.1 Å². The third-order valence-corrected chi connectivity index (χ3v) is 8.22. The molecule has 0 amide bonds. The predicted molar refractivity (Wildman–Crippen MR) is 108 cm³/mol. The van der Waals surface area contributed by atoms with Crippen LogP contribution >= 0.6 is 7.14 Å². The molecule has 1 unspecified atom stereocenters. The van der Waals surface area contributed by atoms with Crippen LogP contribution in [0.25, 0.3) is 11.3 Å². The molecule has 3 heterocycles. The summed E-state index contributed by atoms with van der Waals surface area (Å²) in [6, 6.07) is 25.8. The molecule has 0 fully saturated rings. The minimum absolute atomic E-state index is 0. The van der Waals surface area contributed by atoms with E-state index in [9.17, 15) is 4.57 Å². The Hall–Kier alpha value is -2.71. The number of hydrogen-bond donors (Lipinski definition) is 0. The van der Waals surface area contributed by atoms with E-state index in [2.05, 4.69) is 11.1 Å². The summed E-state index contributed by atoms with van der Waals surface area (Å²) in [5.74, 6) is 2.18. The molecule has 1 radical (unpaired) electrons. The standard InChI is InChI=1S/C23H13NO3P.Ir/c25-28-21-10-3-1-8-17(21)26-19-13-15(16-7-5-6-12-24-16)14-20(23(19)28)27-18-9-2-4-11-22(18)28;/h1-13H;/q-1;. The molecule has 4 nitrogen and oxygen atoms in total. The van der Waals surface area contributed by atoms with Crippen LogP contribution in [0.15, 0.2) is 79.0 Å². The molecule has 29 heavy (non-hydrogen) atoms. The molecule has 4 aromatic rings. The topological polar surface area (TPSA) is 48.4 Å². The third kappa shape index (κ3) is 2.55. The first-order valence-corrected chi connectivity index (χ1v) is 10.6. The van der Waals surface area contributed by atoms with Crippen LogP contribution in [0.1, 0.15) is 0 Å². The minimum atomic E-state index is -3.13. The van der Waals surface area contributed by atoms with Crippen LogP contribution in [0.3, 0.4) is 0 Å². The first kappa shape index (κ1) is 18.3. The Balaban J connectivity index is 0.00000181. The maximum Gasteiger partial charge on any atom is 0.149 e. The van der Waals surface area contributed by atoms with Crippen LogP contribution in [-0.4, -0.2) is 4.98 Å². The molecule has 0 N–H and O–H groups in total. The SMILES string of the molecule is O=P12c3ccccc3Oc3[c-]c(-c4ccccn4)cc(c31)Oc1ccccc12.[Ir]. The van der Waals surface area contributed by atoms with Crippen LogP contribution in [0.4, 0.5) is 0 Å². The van der Waals surface area contributed by atoms with Gasteiger partial charge in [0.15, 0.2) is 0 Å². The second kappa shape index (κ2) is 6.67. The van der Waals surface area contributed by atoms with Gasteiger partial charge >= 0.3 is 0 Å². The van der Waals surface area contributed by atoms with E-state index in [0.717, 1.165) is 11.3 Å². The molecule has 1 atom stereocenters. The quantitative estimate of drug-likeness (QED) is 0.216. The Morgan fingerprint density at radius 3 is 2.14 bits per heavy atom. The largest absolute Gasteiger partial charge is 0.475 e. The summed E-state index contributed by atoms with van der Waals surface area (Å²) in [6.45, 7) is 0. The number of fused-ring (bicyclic) bond motifs is 4. The zero-order valence-electron chi connectivity index (χ0n) is 15.0. The van der Waals surface area contributed by atoms with Crippen molar-refractivity contribution in [3.63, 3.8) is 0 Å². The van der Waals surface area contributed by atoms with E-state index in [1.165, 1.54) is 0 Å². The molecule has 0 spiro atoms. The molecule has 0 saturated heterocycles. The van der Waals surface area contributed by atoms with Crippen molar-refractivity contribution in [3.8, 4) is 34.3 Å². The van der Waals surface area contributed by atoms with Gasteiger partial charge in [-0.2, -0.15) is 0 Å². The maximum atomic E-state index is 14.6. The first-order valence-electron chi connectivity index (χ1n) is 8.92. The van der Waals surface area contributed by atoms with E-state index in [4.69, 9.17) is 9.47 Å². The molecule has 1 aromatic heterocycles. The number of nitrogens with zero attached hydrogens (tertiary/aromatic N) is 1. The molecule has 2 aliphatic rings. The van der Waals surface area contributed by atoms with E-state index in [0.29, 0.717) is 38.9 Å². The van der Waals surface area contributed by atoms with Gasteiger partial charge in [-0.25, -0.2) is 0 Å². The fourth-order valence-corrected chi connectivity index (χ4v) is 6.85. The van der Waals surface area contributed by atoms with Gasteiger partial charge in [-0.15, -0.1) is 5.56 Å². The van der Waals surface area contributed by atoms with Crippen LogP contribution in [-0.2, 0) is 24.7 Å². The first-order chi connectivity index (χ1) is 13.7. The predicted octanol–water partition coefficient (Wildman–Crippen LogP) is 4.40. The molecule has 3 aromatic carbocycles. The number of aromatic nitrogens is 1. The van der Waals surface area contributed by atoms with Crippen molar-refractivity contribution in [1.29, 1.82) is 0 Å². The van der Waals surface area contributed by atoms with Gasteiger partial charge < -0.3 is 19.0 Å². The average molecular weight is 575 g/mol. The molecular weight excluding hydrogens is 561 g/mol. The third-order valence-electron chi connectivity index (χ3n) is 5.07. The Morgan fingerprint density at radius 2 is 1.45 bits per heavy atom. The molecule has 0 bridgehead atoms. The fraction of sp³-hybridized carbons (Fsp3) is 0. The van der Waals surface area contributed by atoms with E-state index in [1.807, 2.05) is 72.8 Å². The minimum Gasteiger partial charge on any atom is -0.475 e. The number of benzene rings is 3. The molecular formula is C23H13IrNO3P-. The van der Waals surface area contributed by atoms with Crippen molar-refractivity contribution in [1.82, 2.24) is 4.98 Å². The van der Waals surface area contributed by atoms with Crippen molar-refractivity contribution in [3.05, 3.63) is 85.1 Å². The summed E-state index contributed by atoms with van der Waals surface area (Å²) in [7, 11) is -3.13. The number of hydrogen-bond acceptors (Lipinski definition) is 4. The summed E-state index contributed by atoms with van der Waals surface area (Å²) in [5, 5.41) is 1.96. The number of pyridine rings is 1. The Kier molecular flexibility index (Phi) is 4.22. The van der Waals surface area contributed by atoms with Crippen LogP contribution in [0, 0.1) is 6.07 Å². The smallest absolute Gasteiger partial charge is 0.149 e. The van der Waals surface area contributed by atoms with Crippen LogP contribution in [0.2, 0.25) is 0 Å². The number of para-hydroxylation sites is 2. The van der Waals surface area contributed by atoms with Crippen molar-refractivity contribution in [2.75, 3.05) is 0 Å². The Morgan fingerprint density at radius 1 is 0.793 bits per heavy atom. The van der Waals surface area contributed by atoms with Gasteiger partial charge in [-0.3, -0.25) is 0 Å². The van der Waals surface area contributed by atoms with Gasteiger partial charge in [0.25, 0.3) is 0 Å². The molecule has 0 aliphatic carbocycles. The normalized spacial score (nSPS) is 17.5. The van der Waals surface area contributed by atoms with Gasteiger partial charge in [0, 0.05) is 31.6 Å². The second-order valence-electron chi connectivity index (χ2n) is 6.69.